The van der Waals surface area contributed by atoms with Crippen LogP contribution in [-0.2, 0) is 14.3 Å². The molecule has 0 atom stereocenters. The number of carbonyl (C=O) groups excluding carboxylic acids is 3. The first-order valence-electron chi connectivity index (χ1n) is 11.3. The van der Waals surface area contributed by atoms with Crippen molar-refractivity contribution in [1.29, 1.82) is 0 Å². The number of amides is 2. The molecule has 1 aliphatic heterocycles. The molecule has 0 unspecified atom stereocenters. The number of piperidine rings is 1. The van der Waals surface area contributed by atoms with E-state index in [1.54, 1.807) is 23.1 Å². The van der Waals surface area contributed by atoms with Crippen LogP contribution in [0.15, 0.2) is 42.5 Å². The molecule has 0 spiro atoms. The summed E-state index contributed by atoms with van der Waals surface area (Å²) in [5.41, 5.74) is 0.834. The zero-order valence-electron chi connectivity index (χ0n) is 19.3. The van der Waals surface area contributed by atoms with Crippen LogP contribution in [0.2, 0.25) is 0 Å². The number of hydrogen-bond acceptors (Lipinski definition) is 6. The number of nitrogens with zero attached hydrogens (tertiary/aromatic N) is 1. The van der Waals surface area contributed by atoms with Gasteiger partial charge in [-0.05, 0) is 63.1 Å². The van der Waals surface area contributed by atoms with Crippen LogP contribution in [0, 0.1) is 11.7 Å². The van der Waals surface area contributed by atoms with Gasteiger partial charge in [0.05, 0.1) is 24.8 Å². The lowest BCUT2D eigenvalue weighted by Gasteiger charge is -2.31. The predicted octanol–water partition coefficient (Wildman–Crippen LogP) is 3.66. The van der Waals surface area contributed by atoms with Gasteiger partial charge in [-0.1, -0.05) is 0 Å². The van der Waals surface area contributed by atoms with Gasteiger partial charge in [-0.2, -0.15) is 0 Å². The third kappa shape index (κ3) is 6.69. The Hall–Kier alpha value is -3.62. The molecule has 0 aromatic heterocycles. The van der Waals surface area contributed by atoms with E-state index in [-0.39, 0.29) is 5.91 Å². The average Bonchev–Trinajstić information content (AvgIpc) is 2.84. The second-order valence-electron chi connectivity index (χ2n) is 7.75. The summed E-state index contributed by atoms with van der Waals surface area (Å²) in [4.78, 5) is 39.0. The van der Waals surface area contributed by atoms with Gasteiger partial charge in [0, 0.05) is 24.7 Å². The topological polar surface area (TPSA) is 94.2 Å². The van der Waals surface area contributed by atoms with Gasteiger partial charge in [0.15, 0.2) is 6.61 Å². The standard InChI is InChI=1S/C25H29FN2O6/c1-3-32-20-9-10-22(33-4-2)21(15-20)27-23(29)16-34-25(31)18-11-13-28(14-12-18)24(30)17-5-7-19(26)8-6-17/h5-10,15,18H,3-4,11-14,16H2,1-2H3,(H,27,29). The Morgan fingerprint density at radius 2 is 1.68 bits per heavy atom. The normalized spacial score (nSPS) is 13.8. The molecule has 1 saturated heterocycles. The molecular formula is C25H29FN2O6. The van der Waals surface area contributed by atoms with E-state index in [4.69, 9.17) is 14.2 Å². The fourth-order valence-electron chi connectivity index (χ4n) is 3.68. The highest BCUT2D eigenvalue weighted by Crippen LogP contribution is 2.29. The van der Waals surface area contributed by atoms with Gasteiger partial charge >= 0.3 is 5.97 Å². The molecule has 0 aliphatic carbocycles. The molecule has 2 amide bonds. The number of esters is 1. The largest absolute Gasteiger partial charge is 0.494 e. The van der Waals surface area contributed by atoms with Crippen LogP contribution in [0.3, 0.4) is 0 Å². The Morgan fingerprint density at radius 1 is 1.00 bits per heavy atom. The smallest absolute Gasteiger partial charge is 0.309 e. The molecule has 0 bridgehead atoms. The van der Waals surface area contributed by atoms with E-state index in [0.29, 0.717) is 61.9 Å². The lowest BCUT2D eigenvalue weighted by Crippen LogP contribution is -2.41. The summed E-state index contributed by atoms with van der Waals surface area (Å²) in [7, 11) is 0. The molecule has 182 valence electrons. The number of benzene rings is 2. The Balaban J connectivity index is 1.48. The lowest BCUT2D eigenvalue weighted by atomic mass is 9.96. The summed E-state index contributed by atoms with van der Waals surface area (Å²) in [5.74, 6) is -0.901. The Labute approximate surface area is 198 Å². The molecule has 3 rings (SSSR count). The van der Waals surface area contributed by atoms with Crippen molar-refractivity contribution in [2.24, 2.45) is 5.92 Å². The van der Waals surface area contributed by atoms with E-state index >= 15 is 0 Å². The molecule has 1 aliphatic rings. The van der Waals surface area contributed by atoms with E-state index in [2.05, 4.69) is 5.32 Å². The summed E-state index contributed by atoms with van der Waals surface area (Å²) in [5, 5.41) is 2.70. The second-order valence-corrected chi connectivity index (χ2v) is 7.75. The van der Waals surface area contributed by atoms with Crippen molar-refractivity contribution in [3.63, 3.8) is 0 Å². The summed E-state index contributed by atoms with van der Waals surface area (Å²) >= 11 is 0. The molecule has 1 heterocycles. The maximum absolute atomic E-state index is 13.1. The number of anilines is 1. The fraction of sp³-hybridized carbons (Fsp3) is 0.400. The van der Waals surface area contributed by atoms with Crippen molar-refractivity contribution in [2.45, 2.75) is 26.7 Å². The number of nitrogens with one attached hydrogen (secondary N) is 1. The maximum atomic E-state index is 13.1. The molecule has 0 saturated carbocycles. The van der Waals surface area contributed by atoms with E-state index < -0.39 is 30.2 Å². The van der Waals surface area contributed by atoms with Gasteiger partial charge in [-0.25, -0.2) is 4.39 Å². The van der Waals surface area contributed by atoms with E-state index in [1.807, 2.05) is 13.8 Å². The van der Waals surface area contributed by atoms with Gasteiger partial charge in [-0.3, -0.25) is 14.4 Å². The predicted molar refractivity (Wildman–Crippen MR) is 123 cm³/mol. The van der Waals surface area contributed by atoms with Gasteiger partial charge < -0.3 is 24.4 Å². The highest BCUT2D eigenvalue weighted by atomic mass is 19.1. The van der Waals surface area contributed by atoms with Crippen LogP contribution in [0.5, 0.6) is 11.5 Å². The molecule has 2 aromatic rings. The third-order valence-electron chi connectivity index (χ3n) is 5.39. The van der Waals surface area contributed by atoms with Gasteiger partial charge in [0.25, 0.3) is 11.8 Å². The lowest BCUT2D eigenvalue weighted by molar-refractivity contribution is -0.152. The number of rotatable bonds is 9. The summed E-state index contributed by atoms with van der Waals surface area (Å²) < 4.78 is 29.3. The summed E-state index contributed by atoms with van der Waals surface area (Å²) in [6.07, 6.45) is 0.858. The van der Waals surface area contributed by atoms with Crippen LogP contribution in [0.4, 0.5) is 10.1 Å². The van der Waals surface area contributed by atoms with Gasteiger partial charge in [0.1, 0.15) is 17.3 Å². The first-order chi connectivity index (χ1) is 16.4. The van der Waals surface area contributed by atoms with Crippen molar-refractivity contribution < 1.29 is 33.0 Å². The molecule has 1 fully saturated rings. The summed E-state index contributed by atoms with van der Waals surface area (Å²) in [6, 6.07) is 10.5. The number of carbonyl (C=O) groups is 3. The van der Waals surface area contributed by atoms with Crippen molar-refractivity contribution in [3.05, 3.63) is 53.8 Å². The fourth-order valence-corrected chi connectivity index (χ4v) is 3.68. The van der Waals surface area contributed by atoms with E-state index in [1.165, 1.54) is 24.3 Å². The number of halogens is 1. The Kier molecular flexibility index (Phi) is 8.84. The van der Waals surface area contributed by atoms with Crippen molar-refractivity contribution in [1.82, 2.24) is 4.90 Å². The zero-order chi connectivity index (χ0) is 24.5. The molecule has 9 heteroatoms. The van der Waals surface area contributed by atoms with E-state index in [0.717, 1.165) is 0 Å². The second kappa shape index (κ2) is 12.0. The monoisotopic (exact) mass is 472 g/mol. The van der Waals surface area contributed by atoms with Crippen LogP contribution >= 0.6 is 0 Å². The molecule has 2 aromatic carbocycles. The van der Waals surface area contributed by atoms with Crippen molar-refractivity contribution in [3.8, 4) is 11.5 Å². The minimum atomic E-state index is -0.494. The van der Waals surface area contributed by atoms with Crippen LogP contribution in [0.25, 0.3) is 0 Å². The molecule has 1 N–H and O–H groups in total. The Morgan fingerprint density at radius 3 is 2.32 bits per heavy atom. The van der Waals surface area contributed by atoms with Gasteiger partial charge in [-0.15, -0.1) is 0 Å². The number of likely N-dealkylation sites (tertiary alicyclic amines) is 1. The van der Waals surface area contributed by atoms with Gasteiger partial charge in [0.2, 0.25) is 0 Å². The minimum Gasteiger partial charge on any atom is -0.494 e. The molecular weight excluding hydrogens is 443 g/mol. The van der Waals surface area contributed by atoms with Crippen molar-refractivity contribution in [2.75, 3.05) is 38.2 Å². The number of hydrogen-bond donors (Lipinski definition) is 1. The first-order valence-corrected chi connectivity index (χ1v) is 11.3. The van der Waals surface area contributed by atoms with Crippen LogP contribution in [-0.4, -0.2) is 55.6 Å². The molecule has 8 nitrogen and oxygen atoms in total. The average molecular weight is 473 g/mol. The summed E-state index contributed by atoms with van der Waals surface area (Å²) in [6.45, 7) is 4.92. The number of ether oxygens (including phenoxy) is 3. The quantitative estimate of drug-likeness (QED) is 0.560. The zero-order valence-corrected chi connectivity index (χ0v) is 19.3. The van der Waals surface area contributed by atoms with Crippen molar-refractivity contribution >= 4 is 23.5 Å². The van der Waals surface area contributed by atoms with Crippen LogP contribution in [0.1, 0.15) is 37.0 Å². The maximum Gasteiger partial charge on any atom is 0.309 e. The SMILES string of the molecule is CCOc1ccc(OCC)c(NC(=O)COC(=O)C2CCN(C(=O)c3ccc(F)cc3)CC2)c1. The van der Waals surface area contributed by atoms with Crippen LogP contribution < -0.4 is 14.8 Å². The first kappa shape index (κ1) is 25.0. The minimum absolute atomic E-state index is 0.203. The highest BCUT2D eigenvalue weighted by molar-refractivity contribution is 5.95. The molecule has 0 radical (unpaired) electrons. The Bertz CT molecular complexity index is 1000. The molecule has 34 heavy (non-hydrogen) atoms. The third-order valence-corrected chi connectivity index (χ3v) is 5.39. The van der Waals surface area contributed by atoms with E-state index in [9.17, 15) is 18.8 Å². The highest BCUT2D eigenvalue weighted by Gasteiger charge is 2.29.